The minimum absolute atomic E-state index is 0.0321. The van der Waals surface area contributed by atoms with Gasteiger partial charge >= 0.3 is 5.97 Å². The monoisotopic (exact) mass is 773 g/mol. The summed E-state index contributed by atoms with van der Waals surface area (Å²) < 4.78 is 5.50. The molecule has 4 atom stereocenters. The Balaban J connectivity index is 1.23. The molecule has 0 aliphatic heterocycles. The number of benzene rings is 2. The van der Waals surface area contributed by atoms with E-state index >= 15 is 0 Å². The summed E-state index contributed by atoms with van der Waals surface area (Å²) in [5.41, 5.74) is -0.317. The van der Waals surface area contributed by atoms with E-state index in [1.54, 1.807) is 63.2 Å². The molecular formula is C42H55N5O9. The maximum Gasteiger partial charge on any atom is 0.333 e. The normalized spacial score (nSPS) is 17.9. The van der Waals surface area contributed by atoms with Crippen molar-refractivity contribution in [3.05, 3.63) is 65.7 Å². The fourth-order valence-corrected chi connectivity index (χ4v) is 7.02. The van der Waals surface area contributed by atoms with Gasteiger partial charge in [-0.1, -0.05) is 87.4 Å². The van der Waals surface area contributed by atoms with Gasteiger partial charge in [0.2, 0.25) is 23.5 Å². The number of phenols is 1. The van der Waals surface area contributed by atoms with E-state index in [1.807, 2.05) is 0 Å². The highest BCUT2D eigenvalue weighted by atomic mass is 16.6. The molecule has 3 aliphatic carbocycles. The van der Waals surface area contributed by atoms with Gasteiger partial charge in [-0.25, -0.2) is 4.79 Å². The largest absolute Gasteiger partial charge is 0.507 e. The molecule has 5 rings (SSSR count). The molecule has 6 N–H and O–H groups in total. The molecule has 0 bridgehead atoms. The highest BCUT2D eigenvalue weighted by molar-refractivity contribution is 6.38. The van der Waals surface area contributed by atoms with Gasteiger partial charge in [-0.2, -0.15) is 0 Å². The van der Waals surface area contributed by atoms with E-state index in [0.29, 0.717) is 24.8 Å². The topological polar surface area (TPSA) is 209 Å². The number of rotatable bonds is 18. The molecular weight excluding hydrogens is 718 g/mol. The number of ether oxygens (including phenoxy) is 1. The summed E-state index contributed by atoms with van der Waals surface area (Å²) in [6.45, 7) is 4.49. The Morgan fingerprint density at radius 2 is 1.30 bits per heavy atom. The van der Waals surface area contributed by atoms with Crippen LogP contribution in [0.1, 0.15) is 113 Å². The Kier molecular flexibility index (Phi) is 14.2. The lowest BCUT2D eigenvalue weighted by molar-refractivity contribution is -0.158. The van der Waals surface area contributed by atoms with Crippen LogP contribution >= 0.6 is 0 Å². The first kappa shape index (κ1) is 41.9. The fourth-order valence-electron chi connectivity index (χ4n) is 7.02. The molecule has 0 saturated heterocycles. The van der Waals surface area contributed by atoms with Gasteiger partial charge in [-0.15, -0.1) is 0 Å². The number of hydrogen-bond donors (Lipinski definition) is 6. The van der Waals surface area contributed by atoms with Crippen LogP contribution in [0.3, 0.4) is 0 Å². The highest BCUT2D eigenvalue weighted by Gasteiger charge is 2.39. The van der Waals surface area contributed by atoms with Crippen molar-refractivity contribution in [2.24, 2.45) is 17.8 Å². The number of hydrogen-bond acceptors (Lipinski definition) is 9. The summed E-state index contributed by atoms with van der Waals surface area (Å²) in [7, 11) is 0. The number of Topliss-reactive ketones (excluding diaryl/α,β-unsaturated/α-hetero) is 1. The maximum absolute atomic E-state index is 14.0. The third-order valence-corrected chi connectivity index (χ3v) is 10.4. The Labute approximate surface area is 327 Å². The second-order valence-corrected chi connectivity index (χ2v) is 16.3. The molecule has 56 heavy (non-hydrogen) atoms. The number of esters is 1. The van der Waals surface area contributed by atoms with Crippen molar-refractivity contribution in [3.8, 4) is 5.75 Å². The van der Waals surface area contributed by atoms with Gasteiger partial charge in [-0.3, -0.25) is 28.8 Å². The first-order chi connectivity index (χ1) is 26.7. The summed E-state index contributed by atoms with van der Waals surface area (Å²) in [6.07, 6.45) is 8.15. The van der Waals surface area contributed by atoms with Crippen LogP contribution in [0.25, 0.3) is 0 Å². The second kappa shape index (κ2) is 19.1. The predicted octanol–water partition coefficient (Wildman–Crippen LogP) is 3.53. The minimum atomic E-state index is -1.20. The lowest BCUT2D eigenvalue weighted by Gasteiger charge is -2.31. The molecule has 0 aromatic heterocycles. The van der Waals surface area contributed by atoms with E-state index in [1.165, 1.54) is 12.1 Å². The van der Waals surface area contributed by atoms with Gasteiger partial charge < -0.3 is 36.4 Å². The van der Waals surface area contributed by atoms with Crippen molar-refractivity contribution < 1.29 is 43.4 Å². The zero-order valence-electron chi connectivity index (χ0n) is 32.4. The minimum Gasteiger partial charge on any atom is -0.507 e. The number of amides is 5. The third-order valence-electron chi connectivity index (χ3n) is 10.4. The van der Waals surface area contributed by atoms with Crippen LogP contribution in [0.4, 0.5) is 0 Å². The zero-order valence-corrected chi connectivity index (χ0v) is 32.4. The molecule has 5 amide bonds. The second-order valence-electron chi connectivity index (χ2n) is 16.3. The first-order valence-corrected chi connectivity index (χ1v) is 19.8. The summed E-state index contributed by atoms with van der Waals surface area (Å²) >= 11 is 0. The number of carbonyl (C=O) groups excluding carboxylic acids is 7. The standard InChI is InChI=1S/C42H55N5O9/c1-42(2,3)56-41(55)35(28-14-8-5-9-15-28)46-33(49)24-43-40(54)36(50)30(22-25-18-19-25)44-38(52)31(23-26-20-21-26)45-39(53)34(27-12-6-4-7-13-27)47-37(51)29-16-10-11-17-32(29)48/h5,8-11,14-17,25-27,30-31,34-35,48H,4,6-7,12-13,18-24H2,1-3H3,(H,43,54)(H,44,52)(H,45,53)(H,46,49)(H,47,51). The number of ketones is 1. The number of nitrogens with one attached hydrogen (secondary N) is 5. The maximum atomic E-state index is 14.0. The summed E-state index contributed by atoms with van der Waals surface area (Å²) in [5.74, 6) is -5.27. The lowest BCUT2D eigenvalue weighted by atomic mass is 9.83. The van der Waals surface area contributed by atoms with Gasteiger partial charge in [0.1, 0.15) is 23.4 Å². The quantitative estimate of drug-likeness (QED) is 0.0966. The summed E-state index contributed by atoms with van der Waals surface area (Å²) in [6, 6.07) is 10.2. The van der Waals surface area contributed by atoms with Crippen molar-refractivity contribution in [2.45, 2.75) is 121 Å². The lowest BCUT2D eigenvalue weighted by Crippen LogP contribution is -2.58. The van der Waals surface area contributed by atoms with Gasteiger partial charge in [0.15, 0.2) is 6.04 Å². The smallest absolute Gasteiger partial charge is 0.333 e. The third kappa shape index (κ3) is 12.6. The summed E-state index contributed by atoms with van der Waals surface area (Å²) in [5, 5.41) is 23.6. The van der Waals surface area contributed by atoms with Crippen LogP contribution in [-0.4, -0.2) is 76.7 Å². The Morgan fingerprint density at radius 1 is 0.714 bits per heavy atom. The van der Waals surface area contributed by atoms with Crippen molar-refractivity contribution in [1.29, 1.82) is 0 Å². The van der Waals surface area contributed by atoms with Crippen LogP contribution in [-0.2, 0) is 33.5 Å². The van der Waals surface area contributed by atoms with Crippen LogP contribution in [0.5, 0.6) is 5.75 Å². The van der Waals surface area contributed by atoms with E-state index in [4.69, 9.17) is 4.74 Å². The highest BCUT2D eigenvalue weighted by Crippen LogP contribution is 2.35. The number of carbonyl (C=O) groups is 7. The molecule has 14 heteroatoms. The van der Waals surface area contributed by atoms with Gasteiger partial charge in [-0.05, 0) is 81.9 Å². The predicted molar refractivity (Wildman–Crippen MR) is 206 cm³/mol. The first-order valence-electron chi connectivity index (χ1n) is 19.8. The molecule has 2 aromatic rings. The molecule has 4 unspecified atom stereocenters. The van der Waals surface area contributed by atoms with Crippen molar-refractivity contribution in [1.82, 2.24) is 26.6 Å². The molecule has 3 fully saturated rings. The van der Waals surface area contributed by atoms with E-state index in [0.717, 1.165) is 44.9 Å². The van der Waals surface area contributed by atoms with Crippen LogP contribution in [0, 0.1) is 17.8 Å². The molecule has 2 aromatic carbocycles. The average Bonchev–Trinajstić information content (AvgIpc) is 4.12. The van der Waals surface area contributed by atoms with Crippen molar-refractivity contribution in [2.75, 3.05) is 6.54 Å². The SMILES string of the molecule is CC(C)(C)OC(=O)C(NC(=O)CNC(=O)C(=O)C(CC1CC1)NC(=O)C(CC1CC1)NC(=O)C(NC(=O)c1ccccc1O)C1CCCCC1)c1ccccc1. The molecule has 14 nitrogen and oxygen atoms in total. The molecule has 302 valence electrons. The van der Waals surface area contributed by atoms with Gasteiger partial charge in [0, 0.05) is 0 Å². The number of phenolic OH excluding ortho intramolecular Hbond substituents is 1. The van der Waals surface area contributed by atoms with E-state index < -0.39 is 77.6 Å². The zero-order chi connectivity index (χ0) is 40.4. The van der Waals surface area contributed by atoms with Crippen LogP contribution < -0.4 is 26.6 Å². The van der Waals surface area contributed by atoms with Crippen LogP contribution in [0.15, 0.2) is 54.6 Å². The number of para-hydroxylation sites is 1. The van der Waals surface area contributed by atoms with E-state index in [9.17, 15) is 38.7 Å². The Bertz CT molecular complexity index is 1750. The van der Waals surface area contributed by atoms with Crippen LogP contribution in [0.2, 0.25) is 0 Å². The fraction of sp³-hybridized carbons (Fsp3) is 0.548. The number of aromatic hydroxyl groups is 1. The Hall–Kier alpha value is -5.27. The molecule has 0 heterocycles. The molecule has 3 aliphatic rings. The van der Waals surface area contributed by atoms with Crippen molar-refractivity contribution in [3.63, 3.8) is 0 Å². The van der Waals surface area contributed by atoms with Gasteiger partial charge in [0.05, 0.1) is 18.2 Å². The molecule has 0 spiro atoms. The van der Waals surface area contributed by atoms with Crippen molar-refractivity contribution >= 4 is 41.3 Å². The summed E-state index contributed by atoms with van der Waals surface area (Å²) in [4.78, 5) is 93.9. The van der Waals surface area contributed by atoms with E-state index in [2.05, 4.69) is 26.6 Å². The molecule has 0 radical (unpaired) electrons. The average molecular weight is 774 g/mol. The molecule has 3 saturated carbocycles. The van der Waals surface area contributed by atoms with Gasteiger partial charge in [0.25, 0.3) is 11.8 Å². The van der Waals surface area contributed by atoms with E-state index in [-0.39, 0.29) is 35.5 Å². The Morgan fingerprint density at radius 3 is 1.91 bits per heavy atom.